The fraction of sp³-hybridized carbons (Fsp3) is 0.350. The Morgan fingerprint density at radius 2 is 1.42 bits per heavy atom. The van der Waals surface area contributed by atoms with Crippen LogP contribution in [0.4, 0.5) is 0 Å². The number of pyridine rings is 2. The maximum atomic E-state index is 10.7. The quantitative estimate of drug-likeness (QED) is 0.902. The lowest BCUT2D eigenvalue weighted by molar-refractivity contribution is 0.0696. The van der Waals surface area contributed by atoms with Crippen LogP contribution in [-0.4, -0.2) is 21.0 Å². The fourth-order valence-electron chi connectivity index (χ4n) is 1.90. The molecule has 2 aromatic heterocycles. The molecular formula is C20H22N4O2. The van der Waals surface area contributed by atoms with Crippen LogP contribution in [0.2, 0.25) is 0 Å². The van der Waals surface area contributed by atoms with Crippen molar-refractivity contribution in [3.05, 3.63) is 59.2 Å². The number of aromatic nitrogens is 2. The fourth-order valence-corrected chi connectivity index (χ4v) is 1.90. The van der Waals surface area contributed by atoms with Crippen molar-refractivity contribution in [2.45, 2.75) is 45.4 Å². The van der Waals surface area contributed by atoms with E-state index in [0.717, 1.165) is 11.3 Å². The predicted octanol–water partition coefficient (Wildman–Crippen LogP) is 3.77. The molecule has 6 heteroatoms. The van der Waals surface area contributed by atoms with Crippen LogP contribution in [0.5, 0.6) is 0 Å². The second-order valence-electron chi connectivity index (χ2n) is 6.93. The Kier molecular flexibility index (Phi) is 6.58. The van der Waals surface area contributed by atoms with Gasteiger partial charge in [-0.15, -0.1) is 0 Å². The molecule has 0 amide bonds. The van der Waals surface area contributed by atoms with Gasteiger partial charge in [-0.2, -0.15) is 10.5 Å². The first-order chi connectivity index (χ1) is 12.0. The van der Waals surface area contributed by atoms with E-state index in [1.165, 1.54) is 18.3 Å². The van der Waals surface area contributed by atoms with Crippen molar-refractivity contribution >= 4 is 5.97 Å². The first-order valence-corrected chi connectivity index (χ1v) is 7.99. The van der Waals surface area contributed by atoms with Gasteiger partial charge >= 0.3 is 5.97 Å². The first-order valence-electron chi connectivity index (χ1n) is 7.99. The summed E-state index contributed by atoms with van der Waals surface area (Å²) >= 11 is 0. The summed E-state index contributed by atoms with van der Waals surface area (Å²) < 4.78 is 0. The minimum atomic E-state index is -1.01. The summed E-state index contributed by atoms with van der Waals surface area (Å²) in [6.07, 6.45) is 3.14. The van der Waals surface area contributed by atoms with Gasteiger partial charge in [0.2, 0.25) is 0 Å². The number of carbonyl (C=O) groups is 1. The molecule has 0 saturated carbocycles. The van der Waals surface area contributed by atoms with Gasteiger partial charge in [0.15, 0.2) is 0 Å². The zero-order valence-electron chi connectivity index (χ0n) is 15.6. The molecule has 0 unspecified atom stereocenters. The van der Waals surface area contributed by atoms with Crippen LogP contribution < -0.4 is 0 Å². The highest BCUT2D eigenvalue weighted by Gasteiger charge is 2.22. The number of carboxylic acids is 1. The summed E-state index contributed by atoms with van der Waals surface area (Å²) in [7, 11) is 0. The van der Waals surface area contributed by atoms with E-state index in [2.05, 4.69) is 22.1 Å². The van der Waals surface area contributed by atoms with Crippen molar-refractivity contribution in [2.75, 3.05) is 0 Å². The molecule has 0 bridgehead atoms. The predicted molar refractivity (Wildman–Crippen MR) is 97.4 cm³/mol. The van der Waals surface area contributed by atoms with Crippen LogP contribution >= 0.6 is 0 Å². The molecule has 0 aromatic carbocycles. The third-order valence-corrected chi connectivity index (χ3v) is 3.76. The van der Waals surface area contributed by atoms with E-state index in [-0.39, 0.29) is 5.56 Å². The van der Waals surface area contributed by atoms with Crippen LogP contribution in [0.25, 0.3) is 0 Å². The van der Waals surface area contributed by atoms with Gasteiger partial charge < -0.3 is 5.11 Å². The summed E-state index contributed by atoms with van der Waals surface area (Å²) in [6, 6.07) is 11.0. The third kappa shape index (κ3) is 5.39. The zero-order chi connectivity index (χ0) is 20.0. The normalized spacial score (nSPS) is 10.7. The molecule has 2 aromatic rings. The highest BCUT2D eigenvalue weighted by Crippen LogP contribution is 2.21. The highest BCUT2D eigenvalue weighted by atomic mass is 16.4. The van der Waals surface area contributed by atoms with Gasteiger partial charge in [0.25, 0.3) is 0 Å². The Bertz CT molecular complexity index is 874. The standard InChI is InChI=1S/C10H10N2O2.C10H12N2/c1-10(2,6-11)8-5-7(9(13)14)3-4-12-8;1-8-4-5-12-9(6-8)10(2,3)7-11/h3-5H,1-2H3,(H,13,14);4-6H,1-3H3. The number of carboxylic acid groups (broad SMARTS) is 1. The number of nitrogens with zero attached hydrogens (tertiary/aromatic N) is 4. The molecule has 0 aliphatic carbocycles. The third-order valence-electron chi connectivity index (χ3n) is 3.76. The minimum absolute atomic E-state index is 0.151. The number of nitriles is 2. The first kappa shape index (κ1) is 20.8. The Morgan fingerprint density at radius 1 is 0.962 bits per heavy atom. The second kappa shape index (κ2) is 8.22. The molecule has 2 rings (SSSR count). The number of rotatable bonds is 3. The average molecular weight is 350 g/mol. The van der Waals surface area contributed by atoms with Crippen molar-refractivity contribution < 1.29 is 9.90 Å². The largest absolute Gasteiger partial charge is 0.478 e. The Balaban J connectivity index is 0.000000263. The molecule has 1 N–H and O–H groups in total. The summed E-state index contributed by atoms with van der Waals surface area (Å²) in [5.41, 5.74) is 1.36. The van der Waals surface area contributed by atoms with Crippen molar-refractivity contribution in [3.63, 3.8) is 0 Å². The van der Waals surface area contributed by atoms with E-state index >= 15 is 0 Å². The molecule has 0 atom stereocenters. The van der Waals surface area contributed by atoms with E-state index < -0.39 is 16.8 Å². The number of hydrogen-bond donors (Lipinski definition) is 1. The molecule has 0 spiro atoms. The molecule has 0 aliphatic rings. The van der Waals surface area contributed by atoms with Crippen LogP contribution in [0.1, 0.15) is 55.0 Å². The Labute approximate surface area is 153 Å². The molecule has 134 valence electrons. The highest BCUT2D eigenvalue weighted by molar-refractivity contribution is 5.87. The summed E-state index contributed by atoms with van der Waals surface area (Å²) in [6.45, 7) is 9.13. The second-order valence-corrected chi connectivity index (χ2v) is 6.93. The smallest absolute Gasteiger partial charge is 0.335 e. The van der Waals surface area contributed by atoms with Crippen LogP contribution in [-0.2, 0) is 10.8 Å². The van der Waals surface area contributed by atoms with Gasteiger partial charge in [-0.1, -0.05) is 0 Å². The Morgan fingerprint density at radius 3 is 1.85 bits per heavy atom. The molecule has 6 nitrogen and oxygen atoms in total. The van der Waals surface area contributed by atoms with Crippen molar-refractivity contribution in [1.82, 2.24) is 9.97 Å². The van der Waals surface area contributed by atoms with Gasteiger partial charge in [0.1, 0.15) is 0 Å². The molecule has 26 heavy (non-hydrogen) atoms. The molecule has 0 aliphatic heterocycles. The number of aryl methyl sites for hydroxylation is 1. The minimum Gasteiger partial charge on any atom is -0.478 e. The molecule has 0 saturated heterocycles. The van der Waals surface area contributed by atoms with Crippen LogP contribution in [0.3, 0.4) is 0 Å². The lowest BCUT2D eigenvalue weighted by Gasteiger charge is -2.14. The lowest BCUT2D eigenvalue weighted by atomic mass is 9.90. The summed E-state index contributed by atoms with van der Waals surface area (Å²) in [5.74, 6) is -1.01. The number of aromatic carboxylic acids is 1. The molecule has 2 heterocycles. The van der Waals surface area contributed by atoms with E-state index in [0.29, 0.717) is 5.69 Å². The summed E-state index contributed by atoms with van der Waals surface area (Å²) in [4.78, 5) is 18.8. The van der Waals surface area contributed by atoms with Gasteiger partial charge in [0, 0.05) is 12.4 Å². The zero-order valence-corrected chi connectivity index (χ0v) is 15.6. The van der Waals surface area contributed by atoms with Crippen LogP contribution in [0, 0.1) is 29.6 Å². The van der Waals surface area contributed by atoms with E-state index in [1.807, 2.05) is 32.9 Å². The Hall–Kier alpha value is -3.25. The van der Waals surface area contributed by atoms with Crippen LogP contribution in [0.15, 0.2) is 36.7 Å². The van der Waals surface area contributed by atoms with E-state index in [9.17, 15) is 4.79 Å². The SMILES string of the molecule is CC(C)(C#N)c1cc(C(=O)O)ccn1.Cc1ccnc(C(C)(C)C#N)c1. The average Bonchev–Trinajstić information content (AvgIpc) is 2.62. The van der Waals surface area contributed by atoms with E-state index in [1.54, 1.807) is 20.0 Å². The maximum absolute atomic E-state index is 10.7. The summed E-state index contributed by atoms with van der Waals surface area (Å²) in [5, 5.41) is 26.4. The van der Waals surface area contributed by atoms with Crippen molar-refractivity contribution in [1.29, 1.82) is 10.5 Å². The maximum Gasteiger partial charge on any atom is 0.335 e. The van der Waals surface area contributed by atoms with Gasteiger partial charge in [-0.25, -0.2) is 4.79 Å². The van der Waals surface area contributed by atoms with Gasteiger partial charge in [-0.05, 0) is 64.4 Å². The topological polar surface area (TPSA) is 111 Å². The molecule has 0 fully saturated rings. The monoisotopic (exact) mass is 350 g/mol. The van der Waals surface area contributed by atoms with Crippen molar-refractivity contribution in [2.24, 2.45) is 0 Å². The van der Waals surface area contributed by atoms with Gasteiger partial charge in [-0.3, -0.25) is 9.97 Å². The molecule has 0 radical (unpaired) electrons. The van der Waals surface area contributed by atoms with Gasteiger partial charge in [0.05, 0.1) is 39.9 Å². The van der Waals surface area contributed by atoms with E-state index in [4.69, 9.17) is 15.6 Å². The molecular weight excluding hydrogens is 328 g/mol. The number of hydrogen-bond acceptors (Lipinski definition) is 5. The van der Waals surface area contributed by atoms with Crippen molar-refractivity contribution in [3.8, 4) is 12.1 Å². The lowest BCUT2D eigenvalue weighted by Crippen LogP contribution is -2.16.